The van der Waals surface area contributed by atoms with Crippen LogP contribution in [0.3, 0.4) is 0 Å². The molecule has 146 valence electrons. The van der Waals surface area contributed by atoms with Crippen molar-refractivity contribution in [3.05, 3.63) is 59.7 Å². The Bertz CT molecular complexity index is 734. The number of thioether (sulfide) groups is 1. The molecule has 27 heavy (non-hydrogen) atoms. The molecule has 2 rings (SSSR count). The molecule has 0 fully saturated rings. The van der Waals surface area contributed by atoms with Gasteiger partial charge in [-0.1, -0.05) is 24.3 Å². The zero-order chi connectivity index (χ0) is 19.6. The largest absolute Gasteiger partial charge is 0.497 e. The predicted octanol–water partition coefficient (Wildman–Crippen LogP) is 3.55. The highest BCUT2D eigenvalue weighted by atomic mass is 32.2. The minimum Gasteiger partial charge on any atom is -0.497 e. The van der Waals surface area contributed by atoms with Crippen LogP contribution >= 0.6 is 11.8 Å². The molecule has 0 aromatic heterocycles. The van der Waals surface area contributed by atoms with Gasteiger partial charge in [-0.25, -0.2) is 0 Å². The number of guanidine groups is 1. The molecule has 2 aromatic rings. The summed E-state index contributed by atoms with van der Waals surface area (Å²) in [6, 6.07) is 16.0. The van der Waals surface area contributed by atoms with Crippen LogP contribution in [0.4, 0.5) is 0 Å². The number of aliphatic imine (C=N–C) groups is 1. The summed E-state index contributed by atoms with van der Waals surface area (Å²) in [4.78, 5) is 7.93. The van der Waals surface area contributed by atoms with E-state index in [-0.39, 0.29) is 6.54 Å². The van der Waals surface area contributed by atoms with Crippen molar-refractivity contribution in [1.29, 1.82) is 0 Å². The van der Waals surface area contributed by atoms with E-state index in [0.29, 0.717) is 0 Å². The van der Waals surface area contributed by atoms with Crippen molar-refractivity contribution in [3.8, 4) is 5.75 Å². The van der Waals surface area contributed by atoms with Crippen molar-refractivity contribution < 1.29 is 9.84 Å². The summed E-state index contributed by atoms with van der Waals surface area (Å²) < 4.78 is 5.22. The van der Waals surface area contributed by atoms with Gasteiger partial charge in [0.2, 0.25) is 0 Å². The molecule has 0 aliphatic rings. The van der Waals surface area contributed by atoms with Crippen LogP contribution in [0.5, 0.6) is 5.75 Å². The maximum atomic E-state index is 10.5. The topological polar surface area (TPSA) is 57.1 Å². The second-order valence-corrected chi connectivity index (χ2v) is 7.07. The molecule has 2 N–H and O–H groups in total. The third-order valence-corrected chi connectivity index (χ3v) is 4.91. The lowest BCUT2D eigenvalue weighted by molar-refractivity contribution is 0.186. The molecule has 0 aliphatic carbocycles. The Morgan fingerprint density at radius 1 is 1.26 bits per heavy atom. The Morgan fingerprint density at radius 2 is 2.00 bits per heavy atom. The average Bonchev–Trinajstić information content (AvgIpc) is 2.71. The molecule has 5 nitrogen and oxygen atoms in total. The van der Waals surface area contributed by atoms with Crippen molar-refractivity contribution in [2.24, 2.45) is 4.99 Å². The first-order valence-corrected chi connectivity index (χ1v) is 10.2. The standard InChI is InChI=1S/C21H29N3O2S/c1-5-22-21(24(2)15-16-9-11-19(27-4)12-10-16)23-14-20(25)17-7-6-8-18(13-17)26-3/h6-13,20,25H,5,14-15H2,1-4H3,(H,22,23). The maximum absolute atomic E-state index is 10.5. The molecule has 1 atom stereocenters. The smallest absolute Gasteiger partial charge is 0.194 e. The molecule has 0 saturated carbocycles. The minimum atomic E-state index is -0.678. The number of rotatable bonds is 8. The van der Waals surface area contributed by atoms with E-state index in [9.17, 15) is 5.11 Å². The first-order valence-electron chi connectivity index (χ1n) is 9.01. The van der Waals surface area contributed by atoms with Crippen LogP contribution in [0.2, 0.25) is 0 Å². The number of nitrogens with zero attached hydrogens (tertiary/aromatic N) is 2. The Hall–Kier alpha value is -2.18. The first kappa shape index (κ1) is 21.1. The number of ether oxygens (including phenoxy) is 1. The second kappa shape index (κ2) is 10.8. The van der Waals surface area contributed by atoms with Gasteiger partial charge >= 0.3 is 0 Å². The van der Waals surface area contributed by atoms with E-state index in [1.807, 2.05) is 38.2 Å². The highest BCUT2D eigenvalue weighted by molar-refractivity contribution is 7.98. The van der Waals surface area contributed by atoms with E-state index >= 15 is 0 Å². The molecule has 0 heterocycles. The normalized spacial score (nSPS) is 12.6. The summed E-state index contributed by atoms with van der Waals surface area (Å²) in [5.41, 5.74) is 2.01. The number of benzene rings is 2. The monoisotopic (exact) mass is 387 g/mol. The van der Waals surface area contributed by atoms with Gasteiger partial charge in [-0.2, -0.15) is 0 Å². The molecule has 1 unspecified atom stereocenters. The van der Waals surface area contributed by atoms with Crippen LogP contribution in [0.1, 0.15) is 24.2 Å². The zero-order valence-corrected chi connectivity index (χ0v) is 17.3. The number of hydrogen-bond donors (Lipinski definition) is 2. The van der Waals surface area contributed by atoms with Crippen LogP contribution in [-0.4, -0.2) is 49.5 Å². The molecule has 6 heteroatoms. The fraction of sp³-hybridized carbons (Fsp3) is 0.381. The summed E-state index contributed by atoms with van der Waals surface area (Å²) in [6.45, 7) is 3.83. The molecular formula is C21H29N3O2S. The SMILES string of the molecule is CCNC(=NCC(O)c1cccc(OC)c1)N(C)Cc1ccc(SC)cc1. The minimum absolute atomic E-state index is 0.283. The summed E-state index contributed by atoms with van der Waals surface area (Å²) in [6.07, 6.45) is 1.40. The lowest BCUT2D eigenvalue weighted by atomic mass is 10.1. The third-order valence-electron chi connectivity index (χ3n) is 4.17. The number of hydrogen-bond acceptors (Lipinski definition) is 4. The molecule has 0 saturated heterocycles. The van der Waals surface area contributed by atoms with Crippen molar-refractivity contribution in [2.45, 2.75) is 24.5 Å². The van der Waals surface area contributed by atoms with E-state index in [4.69, 9.17) is 4.74 Å². The van der Waals surface area contributed by atoms with Crippen molar-refractivity contribution in [3.63, 3.8) is 0 Å². The van der Waals surface area contributed by atoms with E-state index in [1.165, 1.54) is 10.5 Å². The maximum Gasteiger partial charge on any atom is 0.194 e. The van der Waals surface area contributed by atoms with E-state index in [0.717, 1.165) is 30.4 Å². The Kier molecular flexibility index (Phi) is 8.48. The molecule has 0 spiro atoms. The highest BCUT2D eigenvalue weighted by Gasteiger charge is 2.11. The summed E-state index contributed by atoms with van der Waals surface area (Å²) >= 11 is 1.74. The van der Waals surface area contributed by atoms with Crippen molar-refractivity contribution >= 4 is 17.7 Å². The van der Waals surface area contributed by atoms with Crippen LogP contribution < -0.4 is 10.1 Å². The van der Waals surface area contributed by atoms with Crippen molar-refractivity contribution in [1.82, 2.24) is 10.2 Å². The summed E-state index contributed by atoms with van der Waals surface area (Å²) in [5.74, 6) is 1.50. The van der Waals surface area contributed by atoms with Gasteiger partial charge in [0.05, 0.1) is 19.8 Å². The molecular weight excluding hydrogens is 358 g/mol. The van der Waals surface area contributed by atoms with Gasteiger partial charge in [0, 0.05) is 25.0 Å². The first-order chi connectivity index (χ1) is 13.1. The molecule has 0 amide bonds. The van der Waals surface area contributed by atoms with Crippen LogP contribution in [-0.2, 0) is 6.54 Å². The average molecular weight is 388 g/mol. The lowest BCUT2D eigenvalue weighted by Gasteiger charge is -2.23. The van der Waals surface area contributed by atoms with Crippen LogP contribution in [0.15, 0.2) is 58.4 Å². The quantitative estimate of drug-likeness (QED) is 0.412. The highest BCUT2D eigenvalue weighted by Crippen LogP contribution is 2.19. The van der Waals surface area contributed by atoms with Crippen LogP contribution in [0, 0.1) is 0 Å². The fourth-order valence-corrected chi connectivity index (χ4v) is 3.08. The van der Waals surface area contributed by atoms with Gasteiger partial charge in [-0.05, 0) is 48.6 Å². The van der Waals surface area contributed by atoms with Gasteiger partial charge in [0.25, 0.3) is 0 Å². The fourth-order valence-electron chi connectivity index (χ4n) is 2.68. The molecule has 0 bridgehead atoms. The zero-order valence-electron chi connectivity index (χ0n) is 16.5. The Morgan fingerprint density at radius 3 is 2.63 bits per heavy atom. The van der Waals surface area contributed by atoms with Gasteiger partial charge in [-0.15, -0.1) is 11.8 Å². The van der Waals surface area contributed by atoms with Gasteiger partial charge in [0.1, 0.15) is 5.75 Å². The number of nitrogens with one attached hydrogen (secondary N) is 1. The number of aliphatic hydroxyl groups excluding tert-OH is 1. The van der Waals surface area contributed by atoms with E-state index in [1.54, 1.807) is 18.9 Å². The molecule has 0 radical (unpaired) electrons. The summed E-state index contributed by atoms with van der Waals surface area (Å²) in [5, 5.41) is 13.8. The molecule has 2 aromatic carbocycles. The van der Waals surface area contributed by atoms with Gasteiger partial charge in [0.15, 0.2) is 5.96 Å². The van der Waals surface area contributed by atoms with E-state index < -0.39 is 6.10 Å². The van der Waals surface area contributed by atoms with E-state index in [2.05, 4.69) is 45.7 Å². The Labute approximate surface area is 166 Å². The Balaban J connectivity index is 2.04. The van der Waals surface area contributed by atoms with Gasteiger partial charge in [-0.3, -0.25) is 4.99 Å². The summed E-state index contributed by atoms with van der Waals surface area (Å²) in [7, 11) is 3.62. The van der Waals surface area contributed by atoms with Crippen LogP contribution in [0.25, 0.3) is 0 Å². The number of aliphatic hydroxyl groups is 1. The number of methoxy groups -OCH3 is 1. The molecule has 0 aliphatic heterocycles. The van der Waals surface area contributed by atoms with Crippen molar-refractivity contribution in [2.75, 3.05) is 33.5 Å². The predicted molar refractivity (Wildman–Crippen MR) is 114 cm³/mol. The lowest BCUT2D eigenvalue weighted by Crippen LogP contribution is -2.38. The third kappa shape index (κ3) is 6.48. The second-order valence-electron chi connectivity index (χ2n) is 6.19. The van der Waals surface area contributed by atoms with Gasteiger partial charge < -0.3 is 20.1 Å².